The van der Waals surface area contributed by atoms with Crippen LogP contribution in [0.1, 0.15) is 25.1 Å². The highest BCUT2D eigenvalue weighted by molar-refractivity contribution is 9.10. The molecule has 1 N–H and O–H groups in total. The number of pyridine rings is 1. The molecule has 4 heteroatoms. The molecule has 0 fully saturated rings. The van der Waals surface area contributed by atoms with Gasteiger partial charge in [-0.15, -0.1) is 0 Å². The fourth-order valence-corrected chi connectivity index (χ4v) is 2.29. The highest BCUT2D eigenvalue weighted by atomic mass is 79.9. The van der Waals surface area contributed by atoms with Gasteiger partial charge in [0.25, 0.3) is 0 Å². The molecule has 16 heavy (non-hydrogen) atoms. The smallest absolute Gasteiger partial charge is 0.151 e. The average molecular weight is 282 g/mol. The zero-order valence-corrected chi connectivity index (χ0v) is 11.4. The summed E-state index contributed by atoms with van der Waals surface area (Å²) in [6, 6.07) is 2.57. The van der Waals surface area contributed by atoms with Crippen LogP contribution < -0.4 is 5.32 Å². The van der Waals surface area contributed by atoms with Crippen molar-refractivity contribution in [2.45, 2.75) is 33.4 Å². The van der Waals surface area contributed by atoms with Crippen LogP contribution in [-0.4, -0.2) is 15.4 Å². The van der Waals surface area contributed by atoms with Crippen molar-refractivity contribution in [1.29, 1.82) is 0 Å². The van der Waals surface area contributed by atoms with Crippen molar-refractivity contribution in [3.8, 4) is 0 Å². The van der Waals surface area contributed by atoms with E-state index in [4.69, 9.17) is 0 Å². The maximum Gasteiger partial charge on any atom is 0.151 e. The molecule has 86 valence electrons. The van der Waals surface area contributed by atoms with Gasteiger partial charge in [0.1, 0.15) is 0 Å². The summed E-state index contributed by atoms with van der Waals surface area (Å²) in [5.74, 6) is 0. The highest BCUT2D eigenvalue weighted by Gasteiger charge is 2.05. The van der Waals surface area contributed by atoms with Gasteiger partial charge in [0.05, 0.1) is 10.2 Å². The van der Waals surface area contributed by atoms with E-state index in [2.05, 4.69) is 69.9 Å². The van der Waals surface area contributed by atoms with Crippen LogP contribution in [0.25, 0.3) is 5.65 Å². The molecule has 2 aromatic rings. The van der Waals surface area contributed by atoms with E-state index in [1.807, 2.05) is 0 Å². The molecule has 0 spiro atoms. The van der Waals surface area contributed by atoms with Gasteiger partial charge in [-0.3, -0.25) is 0 Å². The predicted molar refractivity (Wildman–Crippen MR) is 69.6 cm³/mol. The molecule has 0 aliphatic rings. The minimum Gasteiger partial charge on any atom is -0.309 e. The maximum atomic E-state index is 4.58. The van der Waals surface area contributed by atoms with E-state index < -0.39 is 0 Å². The van der Waals surface area contributed by atoms with Gasteiger partial charge in [0.2, 0.25) is 0 Å². The van der Waals surface area contributed by atoms with E-state index in [1.54, 1.807) is 0 Å². The largest absolute Gasteiger partial charge is 0.309 e. The Bertz CT molecular complexity index is 502. The Hall–Kier alpha value is -0.870. The number of halogens is 1. The Morgan fingerprint density at radius 3 is 2.88 bits per heavy atom. The summed E-state index contributed by atoms with van der Waals surface area (Å²) in [4.78, 5) is 4.58. The van der Waals surface area contributed by atoms with Gasteiger partial charge in [0.15, 0.2) is 5.65 Å². The van der Waals surface area contributed by atoms with E-state index in [0.717, 1.165) is 22.4 Å². The molecule has 0 amide bonds. The number of aryl methyl sites for hydroxylation is 1. The maximum absolute atomic E-state index is 4.58. The first-order valence-corrected chi connectivity index (χ1v) is 6.22. The predicted octanol–water partition coefficient (Wildman–Crippen LogP) is 2.90. The number of nitrogens with one attached hydrogen (secondary N) is 1. The van der Waals surface area contributed by atoms with Gasteiger partial charge in [0, 0.05) is 25.0 Å². The van der Waals surface area contributed by atoms with Crippen molar-refractivity contribution in [2.24, 2.45) is 0 Å². The quantitative estimate of drug-likeness (QED) is 0.938. The lowest BCUT2D eigenvalue weighted by Gasteiger charge is -2.04. The minimum atomic E-state index is 0.481. The van der Waals surface area contributed by atoms with Gasteiger partial charge in [-0.2, -0.15) is 0 Å². The third kappa shape index (κ3) is 2.44. The third-order valence-corrected chi connectivity index (χ3v) is 2.97. The highest BCUT2D eigenvalue weighted by Crippen LogP contribution is 2.19. The monoisotopic (exact) mass is 281 g/mol. The molecule has 0 bridgehead atoms. The van der Waals surface area contributed by atoms with Gasteiger partial charge in [-0.25, -0.2) is 4.98 Å². The molecule has 0 saturated carbocycles. The van der Waals surface area contributed by atoms with Crippen molar-refractivity contribution < 1.29 is 0 Å². The van der Waals surface area contributed by atoms with E-state index >= 15 is 0 Å². The molecule has 2 rings (SSSR count). The normalized spacial score (nSPS) is 11.6. The molecule has 0 aliphatic carbocycles. The number of aromatic nitrogens is 2. The minimum absolute atomic E-state index is 0.481. The lowest BCUT2D eigenvalue weighted by atomic mass is 10.3. The summed E-state index contributed by atoms with van der Waals surface area (Å²) in [7, 11) is 0. The Morgan fingerprint density at radius 1 is 1.44 bits per heavy atom. The molecule has 0 radical (unpaired) electrons. The zero-order chi connectivity index (χ0) is 11.7. The van der Waals surface area contributed by atoms with E-state index in [1.165, 1.54) is 5.56 Å². The summed E-state index contributed by atoms with van der Waals surface area (Å²) >= 11 is 3.54. The van der Waals surface area contributed by atoms with E-state index in [-0.39, 0.29) is 0 Å². The summed E-state index contributed by atoms with van der Waals surface area (Å²) in [5, 5.41) is 3.37. The van der Waals surface area contributed by atoms with Crippen LogP contribution in [0.15, 0.2) is 22.9 Å². The molecule has 0 aliphatic heterocycles. The molecule has 2 aromatic heterocycles. The molecular formula is C12H16BrN3. The fourth-order valence-electron chi connectivity index (χ4n) is 1.63. The number of rotatable bonds is 3. The Kier molecular flexibility index (Phi) is 3.30. The summed E-state index contributed by atoms with van der Waals surface area (Å²) in [6.07, 6.45) is 4.16. The van der Waals surface area contributed by atoms with Gasteiger partial charge >= 0.3 is 0 Å². The molecule has 0 saturated heterocycles. The second-order valence-corrected chi connectivity index (χ2v) is 5.22. The first-order chi connectivity index (χ1) is 7.56. The van der Waals surface area contributed by atoms with E-state index in [0.29, 0.717) is 6.04 Å². The lowest BCUT2D eigenvalue weighted by Crippen LogP contribution is -2.21. The van der Waals surface area contributed by atoms with Crippen molar-refractivity contribution in [3.05, 3.63) is 34.2 Å². The van der Waals surface area contributed by atoms with E-state index in [9.17, 15) is 0 Å². The van der Waals surface area contributed by atoms with Crippen molar-refractivity contribution in [3.63, 3.8) is 0 Å². The van der Waals surface area contributed by atoms with Crippen LogP contribution in [0.2, 0.25) is 0 Å². The number of hydrogen-bond donors (Lipinski definition) is 1. The van der Waals surface area contributed by atoms with Crippen molar-refractivity contribution in [2.75, 3.05) is 0 Å². The topological polar surface area (TPSA) is 29.3 Å². The number of hydrogen-bond acceptors (Lipinski definition) is 2. The number of fused-ring (bicyclic) bond motifs is 1. The number of nitrogens with zero attached hydrogens (tertiary/aromatic N) is 2. The molecule has 0 aromatic carbocycles. The lowest BCUT2D eigenvalue weighted by molar-refractivity contribution is 0.583. The van der Waals surface area contributed by atoms with Crippen LogP contribution in [0.3, 0.4) is 0 Å². The first-order valence-electron chi connectivity index (χ1n) is 5.43. The van der Waals surface area contributed by atoms with Crippen LogP contribution in [0.4, 0.5) is 0 Å². The molecular weight excluding hydrogens is 266 g/mol. The van der Waals surface area contributed by atoms with Gasteiger partial charge in [-0.1, -0.05) is 13.8 Å². The fraction of sp³-hybridized carbons (Fsp3) is 0.417. The Labute approximate surface area is 104 Å². The molecule has 0 unspecified atom stereocenters. The second kappa shape index (κ2) is 4.55. The van der Waals surface area contributed by atoms with Crippen LogP contribution in [0.5, 0.6) is 0 Å². The van der Waals surface area contributed by atoms with Crippen LogP contribution >= 0.6 is 15.9 Å². The van der Waals surface area contributed by atoms with Gasteiger partial charge < -0.3 is 9.72 Å². The Morgan fingerprint density at radius 2 is 2.19 bits per heavy atom. The molecule has 2 heterocycles. The average Bonchev–Trinajstić information content (AvgIpc) is 2.57. The first kappa shape index (κ1) is 11.6. The van der Waals surface area contributed by atoms with Crippen molar-refractivity contribution >= 4 is 21.6 Å². The molecule has 0 atom stereocenters. The third-order valence-electron chi connectivity index (χ3n) is 2.38. The molecule has 3 nitrogen and oxygen atoms in total. The summed E-state index contributed by atoms with van der Waals surface area (Å²) in [5.41, 5.74) is 3.27. The summed E-state index contributed by atoms with van der Waals surface area (Å²) in [6.45, 7) is 7.16. The zero-order valence-electron chi connectivity index (χ0n) is 9.79. The number of imidazole rings is 1. The Balaban J connectivity index is 2.33. The van der Waals surface area contributed by atoms with Gasteiger partial charge in [-0.05, 0) is 34.5 Å². The van der Waals surface area contributed by atoms with Crippen LogP contribution in [-0.2, 0) is 6.54 Å². The SMILES string of the molecule is Cc1cc(Br)c2nc(CNC(C)C)cn2c1. The second-order valence-electron chi connectivity index (χ2n) is 4.36. The summed E-state index contributed by atoms with van der Waals surface area (Å²) < 4.78 is 3.11. The van der Waals surface area contributed by atoms with Crippen LogP contribution in [0, 0.1) is 6.92 Å². The van der Waals surface area contributed by atoms with Crippen molar-refractivity contribution in [1.82, 2.24) is 14.7 Å². The standard InChI is InChI=1S/C12H16BrN3/c1-8(2)14-5-10-7-16-6-9(3)4-11(13)12(16)15-10/h4,6-8,14H,5H2,1-3H3.